The third-order valence-electron chi connectivity index (χ3n) is 1.89. The van der Waals surface area contributed by atoms with E-state index in [0.717, 1.165) is 15.6 Å². The summed E-state index contributed by atoms with van der Waals surface area (Å²) in [5, 5.41) is 11.3. The predicted octanol–water partition coefficient (Wildman–Crippen LogP) is 3.11. The van der Waals surface area contributed by atoms with Crippen LogP contribution in [0.4, 0.5) is 4.39 Å². The number of halogens is 1. The average molecular weight is 191 g/mol. The van der Waals surface area contributed by atoms with Crippen molar-refractivity contribution in [1.82, 2.24) is 0 Å². The fraction of sp³-hybridized carbons (Fsp3) is 0.100. The number of benzene rings is 1. The van der Waals surface area contributed by atoms with Crippen molar-refractivity contribution in [1.29, 1.82) is 5.26 Å². The van der Waals surface area contributed by atoms with Crippen LogP contribution >= 0.6 is 11.3 Å². The largest absolute Gasteiger partial charge is 0.207 e. The Morgan fingerprint density at radius 1 is 1.46 bits per heavy atom. The van der Waals surface area contributed by atoms with Gasteiger partial charge in [-0.25, -0.2) is 4.39 Å². The van der Waals surface area contributed by atoms with Gasteiger partial charge in [0.1, 0.15) is 5.82 Å². The molecule has 0 aliphatic heterocycles. The zero-order chi connectivity index (χ0) is 9.26. The highest BCUT2D eigenvalue weighted by molar-refractivity contribution is 7.17. The van der Waals surface area contributed by atoms with E-state index < -0.39 is 0 Å². The molecular formula is C10H6FNS. The molecule has 1 nitrogen and oxygen atoms in total. The first kappa shape index (κ1) is 8.21. The van der Waals surface area contributed by atoms with Crippen molar-refractivity contribution < 1.29 is 4.39 Å². The van der Waals surface area contributed by atoms with Crippen LogP contribution in [0.25, 0.3) is 10.1 Å². The molecule has 2 aromatic rings. The molecule has 0 saturated heterocycles. The first-order valence-electron chi connectivity index (χ1n) is 3.84. The van der Waals surface area contributed by atoms with Gasteiger partial charge in [0.25, 0.3) is 0 Å². The van der Waals surface area contributed by atoms with E-state index in [-0.39, 0.29) is 5.82 Å². The molecule has 0 N–H and O–H groups in total. The van der Waals surface area contributed by atoms with Crippen molar-refractivity contribution in [2.24, 2.45) is 0 Å². The Hall–Kier alpha value is -1.40. The molecule has 0 amide bonds. The third-order valence-corrected chi connectivity index (χ3v) is 2.90. The van der Waals surface area contributed by atoms with E-state index in [2.05, 4.69) is 6.07 Å². The van der Waals surface area contributed by atoms with Gasteiger partial charge in [-0.1, -0.05) is 0 Å². The van der Waals surface area contributed by atoms with Gasteiger partial charge in [0, 0.05) is 4.70 Å². The first-order valence-corrected chi connectivity index (χ1v) is 4.72. The molecule has 0 bridgehead atoms. The molecule has 64 valence electrons. The number of hydrogen-bond donors (Lipinski definition) is 0. The average Bonchev–Trinajstić information content (AvgIpc) is 2.49. The lowest BCUT2D eigenvalue weighted by Gasteiger charge is -1.92. The van der Waals surface area contributed by atoms with Gasteiger partial charge in [-0.15, -0.1) is 11.3 Å². The second-order valence-corrected chi connectivity index (χ2v) is 3.65. The molecular weight excluding hydrogens is 185 g/mol. The summed E-state index contributed by atoms with van der Waals surface area (Å²) >= 11 is 1.54. The summed E-state index contributed by atoms with van der Waals surface area (Å²) < 4.78 is 13.9. The number of nitrogens with zero attached hydrogens (tertiary/aromatic N) is 1. The van der Waals surface area contributed by atoms with Gasteiger partial charge >= 0.3 is 0 Å². The second kappa shape index (κ2) is 3.15. The van der Waals surface area contributed by atoms with Crippen LogP contribution in [0, 0.1) is 17.1 Å². The Morgan fingerprint density at radius 3 is 3.08 bits per heavy atom. The Bertz CT molecular complexity index is 481. The van der Waals surface area contributed by atoms with Gasteiger partial charge in [0.15, 0.2) is 0 Å². The predicted molar refractivity (Wildman–Crippen MR) is 51.1 cm³/mol. The van der Waals surface area contributed by atoms with Gasteiger partial charge < -0.3 is 0 Å². The number of nitriles is 1. The molecule has 2 rings (SSSR count). The molecule has 3 heteroatoms. The molecule has 0 atom stereocenters. The zero-order valence-electron chi connectivity index (χ0n) is 6.75. The minimum absolute atomic E-state index is 0.245. The molecule has 1 aromatic heterocycles. The summed E-state index contributed by atoms with van der Waals surface area (Å²) in [4.78, 5) is 0. The minimum atomic E-state index is -0.245. The molecule has 0 unspecified atom stereocenters. The van der Waals surface area contributed by atoms with Crippen LogP contribution in [0.5, 0.6) is 0 Å². The highest BCUT2D eigenvalue weighted by atomic mass is 32.1. The van der Waals surface area contributed by atoms with Crippen LogP contribution in [0.2, 0.25) is 0 Å². The van der Waals surface area contributed by atoms with E-state index in [9.17, 15) is 4.39 Å². The third kappa shape index (κ3) is 1.41. The van der Waals surface area contributed by atoms with E-state index in [1.807, 2.05) is 5.38 Å². The van der Waals surface area contributed by atoms with E-state index in [0.29, 0.717) is 6.42 Å². The van der Waals surface area contributed by atoms with E-state index in [4.69, 9.17) is 5.26 Å². The zero-order valence-corrected chi connectivity index (χ0v) is 7.57. The van der Waals surface area contributed by atoms with Crippen molar-refractivity contribution in [3.63, 3.8) is 0 Å². The SMILES string of the molecule is N#CCc1csc2ccc(F)cc12. The van der Waals surface area contributed by atoms with Crippen LogP contribution in [-0.2, 0) is 6.42 Å². The molecule has 1 aromatic carbocycles. The maximum atomic E-state index is 12.9. The first-order chi connectivity index (χ1) is 6.31. The molecule has 0 radical (unpaired) electrons. The van der Waals surface area contributed by atoms with Crippen LogP contribution in [0.1, 0.15) is 5.56 Å². The van der Waals surface area contributed by atoms with Crippen molar-refractivity contribution >= 4 is 21.4 Å². The van der Waals surface area contributed by atoms with Crippen LogP contribution in [0.15, 0.2) is 23.6 Å². The Labute approximate surface area is 79.0 Å². The maximum Gasteiger partial charge on any atom is 0.123 e. The lowest BCUT2D eigenvalue weighted by Crippen LogP contribution is -1.78. The highest BCUT2D eigenvalue weighted by Crippen LogP contribution is 2.26. The molecule has 0 fully saturated rings. The molecule has 0 aliphatic carbocycles. The normalized spacial score (nSPS) is 10.2. The number of rotatable bonds is 1. The number of hydrogen-bond acceptors (Lipinski definition) is 2. The monoisotopic (exact) mass is 191 g/mol. The lowest BCUT2D eigenvalue weighted by molar-refractivity contribution is 0.630. The van der Waals surface area contributed by atoms with Crippen molar-refractivity contribution in [3.05, 3.63) is 35.0 Å². The molecule has 0 spiro atoms. The summed E-state index contributed by atoms with van der Waals surface area (Å²) in [5.41, 5.74) is 0.919. The van der Waals surface area contributed by atoms with Crippen molar-refractivity contribution in [3.8, 4) is 6.07 Å². The van der Waals surface area contributed by atoms with Gasteiger partial charge in [-0.2, -0.15) is 5.26 Å². The molecule has 0 aliphatic rings. The standard InChI is InChI=1S/C10H6FNS/c11-8-1-2-10-9(5-8)7(3-4-12)6-13-10/h1-2,5-6H,3H2. The van der Waals surface area contributed by atoms with E-state index in [1.54, 1.807) is 17.4 Å². The summed E-state index contributed by atoms with van der Waals surface area (Å²) in [6.45, 7) is 0. The van der Waals surface area contributed by atoms with E-state index in [1.165, 1.54) is 12.1 Å². The summed E-state index contributed by atoms with van der Waals surface area (Å²) in [5.74, 6) is -0.245. The Balaban J connectivity index is 2.66. The molecule has 13 heavy (non-hydrogen) atoms. The van der Waals surface area contributed by atoms with Crippen LogP contribution in [0.3, 0.4) is 0 Å². The molecule has 0 saturated carbocycles. The fourth-order valence-electron chi connectivity index (χ4n) is 1.28. The van der Waals surface area contributed by atoms with E-state index >= 15 is 0 Å². The number of fused-ring (bicyclic) bond motifs is 1. The summed E-state index contributed by atoms with van der Waals surface area (Å²) in [6.07, 6.45) is 0.351. The van der Waals surface area contributed by atoms with Crippen molar-refractivity contribution in [2.75, 3.05) is 0 Å². The van der Waals surface area contributed by atoms with Gasteiger partial charge in [-0.3, -0.25) is 0 Å². The van der Waals surface area contributed by atoms with Gasteiger partial charge in [-0.05, 0) is 34.5 Å². The van der Waals surface area contributed by atoms with Crippen molar-refractivity contribution in [2.45, 2.75) is 6.42 Å². The second-order valence-electron chi connectivity index (χ2n) is 2.74. The smallest absolute Gasteiger partial charge is 0.123 e. The summed E-state index contributed by atoms with van der Waals surface area (Å²) in [6, 6.07) is 6.74. The number of thiophene rings is 1. The summed E-state index contributed by atoms with van der Waals surface area (Å²) in [7, 11) is 0. The maximum absolute atomic E-state index is 12.9. The lowest BCUT2D eigenvalue weighted by atomic mass is 10.1. The van der Waals surface area contributed by atoms with Gasteiger partial charge in [0.05, 0.1) is 12.5 Å². The quantitative estimate of drug-likeness (QED) is 0.679. The molecule has 1 heterocycles. The topological polar surface area (TPSA) is 23.8 Å². The fourth-order valence-corrected chi connectivity index (χ4v) is 2.22. The Morgan fingerprint density at radius 2 is 2.31 bits per heavy atom. The highest BCUT2D eigenvalue weighted by Gasteiger charge is 2.03. The minimum Gasteiger partial charge on any atom is -0.207 e. The van der Waals surface area contributed by atoms with Crippen LogP contribution in [-0.4, -0.2) is 0 Å². The van der Waals surface area contributed by atoms with Crippen LogP contribution < -0.4 is 0 Å². The van der Waals surface area contributed by atoms with Gasteiger partial charge in [0.2, 0.25) is 0 Å². The Kier molecular flexibility index (Phi) is 1.99.